The Morgan fingerprint density at radius 1 is 1.60 bits per heavy atom. The lowest BCUT2D eigenvalue weighted by molar-refractivity contribution is 0.462. The van der Waals surface area contributed by atoms with Crippen LogP contribution in [0.3, 0.4) is 0 Å². The van der Waals surface area contributed by atoms with Crippen LogP contribution in [0.5, 0.6) is 0 Å². The van der Waals surface area contributed by atoms with Crippen molar-refractivity contribution < 1.29 is 8.42 Å². The summed E-state index contributed by atoms with van der Waals surface area (Å²) in [4.78, 5) is 3.82. The molecule has 1 aromatic heterocycles. The molecule has 1 aliphatic carbocycles. The molecule has 0 N–H and O–H groups in total. The molecule has 5 nitrogen and oxygen atoms in total. The second-order valence-electron chi connectivity index (χ2n) is 3.70. The first-order chi connectivity index (χ1) is 6.94. The molecule has 0 aliphatic heterocycles. The van der Waals surface area contributed by atoms with E-state index < -0.39 is 10.0 Å². The molecule has 1 fully saturated rings. The van der Waals surface area contributed by atoms with Crippen LogP contribution in [0.4, 0.5) is 0 Å². The van der Waals surface area contributed by atoms with E-state index in [4.69, 9.17) is 11.6 Å². The molecule has 0 unspecified atom stereocenters. The average molecular weight is 250 g/mol. The highest BCUT2D eigenvalue weighted by molar-refractivity contribution is 7.89. The average Bonchev–Trinajstić information content (AvgIpc) is 2.94. The Labute approximate surface area is 93.7 Å². The molecule has 1 saturated carbocycles. The second kappa shape index (κ2) is 3.47. The quantitative estimate of drug-likeness (QED) is 0.798. The van der Waals surface area contributed by atoms with Gasteiger partial charge in [-0.3, -0.25) is 0 Å². The SMILES string of the molecule is CN(C1CC1)S(=O)(=O)c1ncn(C)c1Cl. The highest BCUT2D eigenvalue weighted by Crippen LogP contribution is 2.31. The minimum absolute atomic E-state index is 0.0546. The van der Waals surface area contributed by atoms with E-state index in [1.807, 2.05) is 0 Å². The van der Waals surface area contributed by atoms with E-state index in [9.17, 15) is 8.42 Å². The lowest BCUT2D eigenvalue weighted by Gasteiger charge is -2.14. The molecule has 0 bridgehead atoms. The smallest absolute Gasteiger partial charge is 0.263 e. The van der Waals surface area contributed by atoms with Crippen molar-refractivity contribution in [3.8, 4) is 0 Å². The van der Waals surface area contributed by atoms with Crippen LogP contribution in [-0.2, 0) is 17.1 Å². The van der Waals surface area contributed by atoms with E-state index in [0.29, 0.717) is 0 Å². The first-order valence-electron chi connectivity index (χ1n) is 4.59. The maximum atomic E-state index is 12.0. The van der Waals surface area contributed by atoms with Gasteiger partial charge in [0.2, 0.25) is 5.03 Å². The molecule has 0 radical (unpaired) electrons. The summed E-state index contributed by atoms with van der Waals surface area (Å²) in [6, 6.07) is 0.119. The number of halogens is 1. The number of aryl methyl sites for hydroxylation is 1. The zero-order chi connectivity index (χ0) is 11.2. The lowest BCUT2D eigenvalue weighted by Crippen LogP contribution is -2.29. The molecule has 7 heteroatoms. The third-order valence-corrected chi connectivity index (χ3v) is 4.92. The molecule has 84 valence electrons. The van der Waals surface area contributed by atoms with Crippen molar-refractivity contribution in [1.82, 2.24) is 13.9 Å². The van der Waals surface area contributed by atoms with Crippen molar-refractivity contribution in [1.29, 1.82) is 0 Å². The molecular formula is C8H12ClN3O2S. The van der Waals surface area contributed by atoms with Crippen LogP contribution in [0, 0.1) is 0 Å². The van der Waals surface area contributed by atoms with Crippen LogP contribution in [0.2, 0.25) is 5.15 Å². The lowest BCUT2D eigenvalue weighted by atomic mass is 10.7. The van der Waals surface area contributed by atoms with Gasteiger partial charge in [-0.25, -0.2) is 13.4 Å². The molecule has 0 atom stereocenters. The first-order valence-corrected chi connectivity index (χ1v) is 6.41. The Balaban J connectivity index is 2.40. The van der Waals surface area contributed by atoms with Crippen LogP contribution < -0.4 is 0 Å². The normalized spacial score (nSPS) is 17.3. The van der Waals surface area contributed by atoms with Gasteiger partial charge in [0.25, 0.3) is 10.0 Å². The maximum absolute atomic E-state index is 12.0. The molecule has 1 aromatic rings. The number of nitrogens with zero attached hydrogens (tertiary/aromatic N) is 3. The predicted molar refractivity (Wildman–Crippen MR) is 56.2 cm³/mol. The van der Waals surface area contributed by atoms with E-state index in [-0.39, 0.29) is 16.2 Å². The summed E-state index contributed by atoms with van der Waals surface area (Å²) >= 11 is 5.86. The zero-order valence-corrected chi connectivity index (χ0v) is 10.1. The second-order valence-corrected chi connectivity index (χ2v) is 5.97. The van der Waals surface area contributed by atoms with Crippen molar-refractivity contribution in [3.63, 3.8) is 0 Å². The van der Waals surface area contributed by atoms with Gasteiger partial charge in [-0.15, -0.1) is 0 Å². The minimum atomic E-state index is -3.52. The Bertz CT molecular complexity index is 478. The fourth-order valence-corrected chi connectivity index (χ4v) is 3.14. The molecule has 0 spiro atoms. The summed E-state index contributed by atoms with van der Waals surface area (Å²) in [5.74, 6) is 0. The minimum Gasteiger partial charge on any atom is -0.324 e. The van der Waals surface area contributed by atoms with Crippen molar-refractivity contribution in [2.24, 2.45) is 7.05 Å². The summed E-state index contributed by atoms with van der Waals surface area (Å²) < 4.78 is 26.9. The van der Waals surface area contributed by atoms with E-state index >= 15 is 0 Å². The number of hydrogen-bond acceptors (Lipinski definition) is 3. The molecule has 0 amide bonds. The predicted octanol–water partition coefficient (Wildman–Crippen LogP) is 0.856. The molecular weight excluding hydrogens is 238 g/mol. The first kappa shape index (κ1) is 10.9. The number of rotatable bonds is 3. The van der Waals surface area contributed by atoms with Crippen molar-refractivity contribution in [2.45, 2.75) is 23.9 Å². The van der Waals surface area contributed by atoms with Crippen LogP contribution >= 0.6 is 11.6 Å². The highest BCUT2D eigenvalue weighted by Gasteiger charge is 2.37. The van der Waals surface area contributed by atoms with Gasteiger partial charge in [0.15, 0.2) is 0 Å². The summed E-state index contributed by atoms with van der Waals surface area (Å²) in [6.45, 7) is 0. The van der Waals surface area contributed by atoms with E-state index in [1.165, 1.54) is 15.2 Å². The maximum Gasteiger partial charge on any atom is 0.263 e. The number of imidazole rings is 1. The Morgan fingerprint density at radius 2 is 2.20 bits per heavy atom. The number of sulfonamides is 1. The highest BCUT2D eigenvalue weighted by atomic mass is 35.5. The Hall–Kier alpha value is -0.590. The molecule has 0 saturated heterocycles. The van der Waals surface area contributed by atoms with E-state index in [2.05, 4.69) is 4.98 Å². The summed E-state index contributed by atoms with van der Waals surface area (Å²) in [5.41, 5.74) is 0. The van der Waals surface area contributed by atoms with Gasteiger partial charge in [-0.2, -0.15) is 4.31 Å². The molecule has 1 heterocycles. The van der Waals surface area contributed by atoms with Crippen molar-refractivity contribution in [2.75, 3.05) is 7.05 Å². The van der Waals surface area contributed by atoms with Gasteiger partial charge < -0.3 is 4.57 Å². The van der Waals surface area contributed by atoms with Gasteiger partial charge in [-0.05, 0) is 12.8 Å². The van der Waals surface area contributed by atoms with Crippen LogP contribution in [-0.4, -0.2) is 35.4 Å². The van der Waals surface area contributed by atoms with Crippen molar-refractivity contribution >= 4 is 21.6 Å². The fourth-order valence-electron chi connectivity index (χ4n) is 1.34. The molecule has 15 heavy (non-hydrogen) atoms. The van der Waals surface area contributed by atoms with Crippen LogP contribution in [0.1, 0.15) is 12.8 Å². The van der Waals surface area contributed by atoms with Gasteiger partial charge in [0.05, 0.1) is 6.33 Å². The standard InChI is InChI=1S/C8H12ClN3O2S/c1-11-5-10-8(7(11)9)15(13,14)12(2)6-3-4-6/h5-6H,3-4H2,1-2H3. The van der Waals surface area contributed by atoms with E-state index in [0.717, 1.165) is 12.8 Å². The Morgan fingerprint density at radius 3 is 2.60 bits per heavy atom. The van der Waals surface area contributed by atoms with Gasteiger partial charge in [0.1, 0.15) is 5.15 Å². The third-order valence-electron chi connectivity index (χ3n) is 2.52. The van der Waals surface area contributed by atoms with Crippen molar-refractivity contribution in [3.05, 3.63) is 11.5 Å². The van der Waals surface area contributed by atoms with Gasteiger partial charge in [0, 0.05) is 20.1 Å². The Kier molecular flexibility index (Phi) is 2.52. The monoisotopic (exact) mass is 249 g/mol. The molecule has 2 rings (SSSR count). The van der Waals surface area contributed by atoms with Gasteiger partial charge in [-0.1, -0.05) is 11.6 Å². The van der Waals surface area contributed by atoms with E-state index in [1.54, 1.807) is 14.1 Å². The van der Waals surface area contributed by atoms with Gasteiger partial charge >= 0.3 is 0 Å². The summed E-state index contributed by atoms with van der Waals surface area (Å²) in [5, 5.41) is 0.101. The summed E-state index contributed by atoms with van der Waals surface area (Å²) in [7, 11) is -0.290. The van der Waals surface area contributed by atoms with Crippen LogP contribution in [0.15, 0.2) is 11.4 Å². The van der Waals surface area contributed by atoms with Crippen LogP contribution in [0.25, 0.3) is 0 Å². The molecule has 0 aromatic carbocycles. The third kappa shape index (κ3) is 1.77. The zero-order valence-electron chi connectivity index (χ0n) is 8.51. The fraction of sp³-hybridized carbons (Fsp3) is 0.625. The number of hydrogen-bond donors (Lipinski definition) is 0. The largest absolute Gasteiger partial charge is 0.324 e. The topological polar surface area (TPSA) is 55.2 Å². The summed E-state index contributed by atoms with van der Waals surface area (Å²) in [6.07, 6.45) is 3.23. The number of aromatic nitrogens is 2. The molecule has 1 aliphatic rings.